The number of thiophene rings is 1. The summed E-state index contributed by atoms with van der Waals surface area (Å²) in [4.78, 5) is 20.3. The van der Waals surface area contributed by atoms with E-state index in [-0.39, 0.29) is 28.4 Å². The highest BCUT2D eigenvalue weighted by Crippen LogP contribution is 2.29. The van der Waals surface area contributed by atoms with Crippen LogP contribution in [0.25, 0.3) is 0 Å². The van der Waals surface area contributed by atoms with Crippen molar-refractivity contribution in [2.24, 2.45) is 0 Å². The number of nitrogens with zero attached hydrogens (tertiary/aromatic N) is 3. The van der Waals surface area contributed by atoms with E-state index in [0.717, 1.165) is 22.7 Å². The van der Waals surface area contributed by atoms with Crippen LogP contribution in [0.5, 0.6) is 6.01 Å². The highest BCUT2D eigenvalue weighted by molar-refractivity contribution is 7.89. The third kappa shape index (κ3) is 3.71. The van der Waals surface area contributed by atoms with Crippen molar-refractivity contribution in [2.75, 3.05) is 20.2 Å². The van der Waals surface area contributed by atoms with E-state index in [1.165, 1.54) is 17.5 Å². The summed E-state index contributed by atoms with van der Waals surface area (Å²) in [5.41, 5.74) is 1.58. The molecule has 0 amide bonds. The Labute approximate surface area is 155 Å². The summed E-state index contributed by atoms with van der Waals surface area (Å²) >= 11 is 1.04. The summed E-state index contributed by atoms with van der Waals surface area (Å²) in [6.07, 6.45) is 0.180. The van der Waals surface area contributed by atoms with E-state index in [0.29, 0.717) is 13.0 Å². The number of carbonyl (C=O) groups excluding carboxylic acids is 1. The SMILES string of the molecule is COC(=O)c1sccc1S(=O)(=O)N1CC[C@@H](Oc2nc(C)cc(C)n2)C1. The lowest BCUT2D eigenvalue weighted by atomic mass is 10.3. The van der Waals surface area contributed by atoms with Gasteiger partial charge < -0.3 is 9.47 Å². The fourth-order valence-electron chi connectivity index (χ4n) is 2.79. The second-order valence-corrected chi connectivity index (χ2v) is 8.75. The van der Waals surface area contributed by atoms with Crippen molar-refractivity contribution in [3.05, 3.63) is 33.8 Å². The molecule has 3 rings (SSSR count). The van der Waals surface area contributed by atoms with Gasteiger partial charge in [-0.2, -0.15) is 4.31 Å². The summed E-state index contributed by atoms with van der Waals surface area (Å²) in [6, 6.07) is 3.51. The van der Waals surface area contributed by atoms with Crippen molar-refractivity contribution in [3.8, 4) is 6.01 Å². The predicted octanol–water partition coefficient (Wildman–Crippen LogP) is 1.78. The molecule has 1 aliphatic rings. The van der Waals surface area contributed by atoms with Crippen LogP contribution in [0.2, 0.25) is 0 Å². The Morgan fingerprint density at radius 2 is 2.00 bits per heavy atom. The van der Waals surface area contributed by atoms with E-state index >= 15 is 0 Å². The fraction of sp³-hybridized carbons (Fsp3) is 0.438. The number of aromatic nitrogens is 2. The molecule has 10 heteroatoms. The number of aryl methyl sites for hydroxylation is 2. The number of sulfonamides is 1. The topological polar surface area (TPSA) is 98.7 Å². The smallest absolute Gasteiger partial charge is 0.349 e. The Hall–Kier alpha value is -2.04. The van der Waals surface area contributed by atoms with Gasteiger partial charge in [0, 0.05) is 17.9 Å². The molecule has 0 radical (unpaired) electrons. The molecule has 1 fully saturated rings. The molecule has 2 aromatic heterocycles. The van der Waals surface area contributed by atoms with E-state index < -0.39 is 16.0 Å². The molecule has 1 aliphatic heterocycles. The van der Waals surface area contributed by atoms with Crippen LogP contribution in [0.1, 0.15) is 27.5 Å². The lowest BCUT2D eigenvalue weighted by Crippen LogP contribution is -2.31. The molecule has 140 valence electrons. The minimum Gasteiger partial charge on any atom is -0.465 e. The molecule has 0 unspecified atom stereocenters. The molecule has 0 aromatic carbocycles. The zero-order valence-corrected chi connectivity index (χ0v) is 16.3. The summed E-state index contributed by atoms with van der Waals surface area (Å²) in [7, 11) is -2.58. The van der Waals surface area contributed by atoms with Crippen LogP contribution >= 0.6 is 11.3 Å². The van der Waals surface area contributed by atoms with Crippen molar-refractivity contribution < 1.29 is 22.7 Å². The van der Waals surface area contributed by atoms with Crippen molar-refractivity contribution in [3.63, 3.8) is 0 Å². The molecule has 0 bridgehead atoms. The van der Waals surface area contributed by atoms with Gasteiger partial charge in [-0.1, -0.05) is 0 Å². The standard InChI is InChI=1S/C16H19N3O5S2/c1-10-8-11(2)18-16(17-10)24-12-4-6-19(9-12)26(21,22)13-5-7-25-14(13)15(20)23-3/h5,7-8,12H,4,6,9H2,1-3H3/t12-/m1/s1. The molecular weight excluding hydrogens is 378 g/mol. The van der Waals surface area contributed by atoms with Crippen LogP contribution in [0.4, 0.5) is 0 Å². The average molecular weight is 397 g/mol. The largest absolute Gasteiger partial charge is 0.465 e. The van der Waals surface area contributed by atoms with Crippen molar-refractivity contribution in [1.82, 2.24) is 14.3 Å². The molecule has 1 saturated heterocycles. The molecule has 0 saturated carbocycles. The normalized spacial score (nSPS) is 18.0. The van der Waals surface area contributed by atoms with E-state index in [1.54, 1.807) is 5.38 Å². The Morgan fingerprint density at radius 3 is 2.65 bits per heavy atom. The maximum atomic E-state index is 12.9. The van der Waals surface area contributed by atoms with E-state index in [9.17, 15) is 13.2 Å². The maximum Gasteiger partial charge on any atom is 0.349 e. The van der Waals surface area contributed by atoms with Crippen LogP contribution in [-0.4, -0.2) is 55.0 Å². The van der Waals surface area contributed by atoms with E-state index in [4.69, 9.17) is 4.74 Å². The lowest BCUT2D eigenvalue weighted by molar-refractivity contribution is 0.0602. The summed E-state index contributed by atoms with van der Waals surface area (Å²) in [6.45, 7) is 4.17. The minimum atomic E-state index is -3.80. The third-order valence-electron chi connectivity index (χ3n) is 3.96. The Morgan fingerprint density at radius 1 is 1.31 bits per heavy atom. The summed E-state index contributed by atoms with van der Waals surface area (Å²) in [5.74, 6) is -0.658. The minimum absolute atomic E-state index is 0.0300. The van der Waals surface area contributed by atoms with Gasteiger partial charge in [-0.3, -0.25) is 0 Å². The number of hydrogen-bond donors (Lipinski definition) is 0. The molecule has 0 aliphatic carbocycles. The monoisotopic (exact) mass is 397 g/mol. The first-order chi connectivity index (χ1) is 12.3. The number of rotatable bonds is 5. The Balaban J connectivity index is 1.75. The summed E-state index contributed by atoms with van der Waals surface area (Å²) in [5, 5.41) is 1.56. The summed E-state index contributed by atoms with van der Waals surface area (Å²) < 4.78 is 37.5. The first-order valence-electron chi connectivity index (χ1n) is 7.96. The second-order valence-electron chi connectivity index (χ2n) is 5.93. The molecule has 3 heterocycles. The zero-order chi connectivity index (χ0) is 18.9. The van der Waals surface area contributed by atoms with Crippen molar-refractivity contribution in [2.45, 2.75) is 31.3 Å². The van der Waals surface area contributed by atoms with Crippen LogP contribution in [0, 0.1) is 13.8 Å². The van der Waals surface area contributed by atoms with Gasteiger partial charge in [0.05, 0.1) is 13.7 Å². The van der Waals surface area contributed by atoms with Crippen LogP contribution in [0.15, 0.2) is 22.4 Å². The molecular formula is C16H19N3O5S2. The van der Waals surface area contributed by atoms with Gasteiger partial charge in [-0.25, -0.2) is 23.2 Å². The molecule has 1 atom stereocenters. The van der Waals surface area contributed by atoms with Gasteiger partial charge in [-0.05, 0) is 37.8 Å². The molecule has 26 heavy (non-hydrogen) atoms. The van der Waals surface area contributed by atoms with Crippen molar-refractivity contribution >= 4 is 27.3 Å². The van der Waals surface area contributed by atoms with Gasteiger partial charge in [0.2, 0.25) is 10.0 Å². The predicted molar refractivity (Wildman–Crippen MR) is 95.0 cm³/mol. The number of methoxy groups -OCH3 is 1. The quantitative estimate of drug-likeness (QED) is 0.709. The number of carbonyl (C=O) groups is 1. The first kappa shape index (κ1) is 18.7. The van der Waals surface area contributed by atoms with Gasteiger partial charge >= 0.3 is 12.0 Å². The molecule has 8 nitrogen and oxygen atoms in total. The third-order valence-corrected chi connectivity index (χ3v) is 6.89. The number of esters is 1. The average Bonchev–Trinajstić information content (AvgIpc) is 3.22. The van der Waals surface area contributed by atoms with Crippen LogP contribution < -0.4 is 4.74 Å². The first-order valence-corrected chi connectivity index (χ1v) is 10.3. The number of ether oxygens (including phenoxy) is 2. The van der Waals surface area contributed by atoms with Gasteiger partial charge in [0.15, 0.2) is 0 Å². The fourth-order valence-corrected chi connectivity index (χ4v) is 5.58. The maximum absolute atomic E-state index is 12.9. The van der Waals surface area contributed by atoms with Crippen LogP contribution in [-0.2, 0) is 14.8 Å². The Bertz CT molecular complexity index is 905. The molecule has 0 N–H and O–H groups in total. The van der Waals surface area contributed by atoms with Gasteiger partial charge in [-0.15, -0.1) is 11.3 Å². The molecule has 0 spiro atoms. The molecule has 2 aromatic rings. The van der Waals surface area contributed by atoms with Gasteiger partial charge in [0.25, 0.3) is 0 Å². The van der Waals surface area contributed by atoms with Crippen molar-refractivity contribution in [1.29, 1.82) is 0 Å². The van der Waals surface area contributed by atoms with E-state index in [1.807, 2.05) is 19.9 Å². The lowest BCUT2D eigenvalue weighted by Gasteiger charge is -2.17. The van der Waals surface area contributed by atoms with Crippen LogP contribution in [0.3, 0.4) is 0 Å². The highest BCUT2D eigenvalue weighted by Gasteiger charge is 2.36. The highest BCUT2D eigenvalue weighted by atomic mass is 32.2. The second kappa shape index (κ2) is 7.29. The number of hydrogen-bond acceptors (Lipinski definition) is 8. The Kier molecular flexibility index (Phi) is 5.26. The van der Waals surface area contributed by atoms with Gasteiger partial charge in [0.1, 0.15) is 15.9 Å². The van der Waals surface area contributed by atoms with E-state index in [2.05, 4.69) is 14.7 Å². The zero-order valence-electron chi connectivity index (χ0n) is 14.6.